The highest BCUT2D eigenvalue weighted by atomic mass is 32.2. The second kappa shape index (κ2) is 18.4. The van der Waals surface area contributed by atoms with Crippen molar-refractivity contribution in [1.29, 1.82) is 0 Å². The summed E-state index contributed by atoms with van der Waals surface area (Å²) in [5.41, 5.74) is 0.551. The molecule has 54 heavy (non-hydrogen) atoms. The zero-order chi connectivity index (χ0) is 38.7. The molecule has 0 aliphatic carbocycles. The monoisotopic (exact) mass is 772 g/mol. The Hall–Kier alpha value is -4.95. The fraction of sp³-hybridized carbons (Fsp3) is 0.293. The third-order valence-electron chi connectivity index (χ3n) is 8.84. The highest BCUT2D eigenvalue weighted by Gasteiger charge is 2.38. The molecule has 0 saturated heterocycles. The number of carbonyl (C=O) groups is 1. The Balaban J connectivity index is 1.51. The van der Waals surface area contributed by atoms with Gasteiger partial charge in [0, 0.05) is 29.1 Å². The smallest absolute Gasteiger partial charge is 0.338 e. The number of rotatable bonds is 18. The van der Waals surface area contributed by atoms with Crippen LogP contribution in [0.25, 0.3) is 0 Å². The molecule has 0 spiro atoms. The molecule has 11 nitrogen and oxygen atoms in total. The largest absolute Gasteiger partial charge is 0.497 e. The summed E-state index contributed by atoms with van der Waals surface area (Å²) >= 11 is 1.56. The highest BCUT2D eigenvalue weighted by Crippen LogP contribution is 2.42. The van der Waals surface area contributed by atoms with Crippen molar-refractivity contribution in [3.63, 3.8) is 0 Å². The molecule has 0 saturated carbocycles. The van der Waals surface area contributed by atoms with Crippen molar-refractivity contribution in [2.45, 2.75) is 37.2 Å². The number of benzene rings is 4. The van der Waals surface area contributed by atoms with Crippen LogP contribution in [0.15, 0.2) is 125 Å². The fourth-order valence-corrected chi connectivity index (χ4v) is 7.57. The first kappa shape index (κ1) is 40.2. The number of hydrogen-bond acceptors (Lipinski definition) is 10. The Kier molecular flexibility index (Phi) is 13.7. The van der Waals surface area contributed by atoms with Crippen molar-refractivity contribution in [2.75, 3.05) is 39.4 Å². The Morgan fingerprint density at radius 1 is 0.796 bits per heavy atom. The number of aryl methyl sites for hydroxylation is 2. The Morgan fingerprint density at radius 2 is 1.33 bits per heavy atom. The molecule has 4 aromatic carbocycles. The number of methoxy groups -OCH3 is 2. The van der Waals surface area contributed by atoms with Crippen molar-refractivity contribution >= 4 is 27.8 Å². The molecular weight excluding hydrogens is 729 g/mol. The summed E-state index contributed by atoms with van der Waals surface area (Å²) in [6.07, 6.45) is 3.35. The first-order chi connectivity index (χ1) is 26.0. The average Bonchev–Trinajstić information content (AvgIpc) is 3.19. The molecule has 0 amide bonds. The van der Waals surface area contributed by atoms with Crippen LogP contribution in [-0.2, 0) is 31.2 Å². The highest BCUT2D eigenvalue weighted by molar-refractivity contribution is 7.99. The molecule has 0 radical (unpaired) electrons. The van der Waals surface area contributed by atoms with Crippen LogP contribution in [0.5, 0.6) is 11.5 Å². The van der Waals surface area contributed by atoms with Gasteiger partial charge < -0.3 is 14.2 Å². The van der Waals surface area contributed by atoms with Crippen LogP contribution in [-0.4, -0.2) is 68.2 Å². The van der Waals surface area contributed by atoms with E-state index in [4.69, 9.17) is 18.4 Å². The van der Waals surface area contributed by atoms with E-state index in [-0.39, 0.29) is 36.1 Å². The van der Waals surface area contributed by atoms with Crippen LogP contribution in [0, 0.1) is 6.92 Å². The predicted octanol–water partition coefficient (Wildman–Crippen LogP) is 5.89. The van der Waals surface area contributed by atoms with E-state index in [1.807, 2.05) is 78.9 Å². The maximum Gasteiger partial charge on any atom is 0.338 e. The second-order valence-corrected chi connectivity index (χ2v) is 15.6. The SMILES string of the molecule is COc1ccc(C(OCC(CCn2cc(C)c(=O)n(C(=O)c3ccccc3)c2=O)SCCCOS(C)(=O)=O)(c2ccccc2)c2ccc(OC)cc2)cc1. The zero-order valence-electron chi connectivity index (χ0n) is 30.7. The zero-order valence-corrected chi connectivity index (χ0v) is 32.3. The van der Waals surface area contributed by atoms with Gasteiger partial charge in [-0.05, 0) is 78.6 Å². The lowest BCUT2D eigenvalue weighted by Crippen LogP contribution is -2.44. The first-order valence-corrected chi connectivity index (χ1v) is 20.2. The van der Waals surface area contributed by atoms with E-state index in [9.17, 15) is 22.8 Å². The van der Waals surface area contributed by atoms with E-state index in [1.165, 1.54) is 10.8 Å². The normalized spacial score (nSPS) is 12.3. The lowest BCUT2D eigenvalue weighted by molar-refractivity contribution is 0.0127. The van der Waals surface area contributed by atoms with Gasteiger partial charge in [-0.25, -0.2) is 4.79 Å². The lowest BCUT2D eigenvalue weighted by Gasteiger charge is -2.37. The molecule has 0 bridgehead atoms. The minimum Gasteiger partial charge on any atom is -0.497 e. The molecule has 1 aromatic heterocycles. The van der Waals surface area contributed by atoms with Gasteiger partial charge in [0.05, 0.1) is 33.7 Å². The van der Waals surface area contributed by atoms with Crippen LogP contribution in [0.2, 0.25) is 0 Å². The maximum absolute atomic E-state index is 13.7. The number of hydrogen-bond donors (Lipinski definition) is 0. The summed E-state index contributed by atoms with van der Waals surface area (Å²) in [7, 11) is -0.372. The molecular formula is C41H44N2O9S2. The van der Waals surface area contributed by atoms with Gasteiger partial charge in [-0.3, -0.25) is 18.3 Å². The summed E-state index contributed by atoms with van der Waals surface area (Å²) in [6.45, 7) is 1.96. The van der Waals surface area contributed by atoms with Crippen molar-refractivity contribution in [1.82, 2.24) is 9.13 Å². The minimum absolute atomic E-state index is 0.0241. The Bertz CT molecular complexity index is 2170. The van der Waals surface area contributed by atoms with Crippen LogP contribution in [0.4, 0.5) is 0 Å². The average molecular weight is 773 g/mol. The number of aromatic nitrogens is 2. The van der Waals surface area contributed by atoms with Crippen LogP contribution in [0.3, 0.4) is 0 Å². The van der Waals surface area contributed by atoms with Crippen LogP contribution in [0.1, 0.15) is 45.5 Å². The standard InChI is InChI=1S/C41H44N2O9S2/c1-30-28-42(40(46)43(38(30)44)39(45)31-12-7-5-8-13-31)25-24-37(53-27-11-26-52-54(4,47)48)29-51-41(32-14-9-6-10-15-32,33-16-20-35(49-2)21-17-33)34-18-22-36(50-3)23-19-34/h5-10,12-23,28,37H,11,24-27,29H2,1-4H3. The summed E-state index contributed by atoms with van der Waals surface area (Å²) in [5.74, 6) is 1.21. The first-order valence-electron chi connectivity index (χ1n) is 17.3. The fourth-order valence-electron chi connectivity index (χ4n) is 6.09. The molecule has 13 heteroatoms. The molecule has 0 fully saturated rings. The topological polar surface area (TPSA) is 132 Å². The van der Waals surface area contributed by atoms with Gasteiger partial charge in [0.1, 0.15) is 17.1 Å². The lowest BCUT2D eigenvalue weighted by atomic mass is 9.80. The molecule has 1 atom stereocenters. The number of carbonyl (C=O) groups excluding carboxylic acids is 1. The van der Waals surface area contributed by atoms with Crippen molar-refractivity contribution < 1.29 is 31.6 Å². The minimum atomic E-state index is -3.59. The third-order valence-corrected chi connectivity index (χ3v) is 10.8. The van der Waals surface area contributed by atoms with E-state index in [2.05, 4.69) is 0 Å². The summed E-state index contributed by atoms with van der Waals surface area (Å²) in [5, 5.41) is -0.236. The van der Waals surface area contributed by atoms with E-state index in [0.717, 1.165) is 22.9 Å². The summed E-state index contributed by atoms with van der Waals surface area (Å²) in [4.78, 5) is 40.2. The summed E-state index contributed by atoms with van der Waals surface area (Å²) in [6, 6.07) is 33.5. The molecule has 5 aromatic rings. The van der Waals surface area contributed by atoms with Gasteiger partial charge in [-0.15, -0.1) is 0 Å². The molecule has 0 aliphatic heterocycles. The Labute approximate surface area is 319 Å². The van der Waals surface area contributed by atoms with Gasteiger partial charge in [0.2, 0.25) is 0 Å². The second-order valence-electron chi connectivity index (χ2n) is 12.6. The van der Waals surface area contributed by atoms with Crippen molar-refractivity contribution in [3.8, 4) is 11.5 Å². The molecule has 1 heterocycles. The van der Waals surface area contributed by atoms with Gasteiger partial charge in [-0.1, -0.05) is 72.8 Å². The van der Waals surface area contributed by atoms with Gasteiger partial charge in [-0.2, -0.15) is 24.7 Å². The van der Waals surface area contributed by atoms with E-state index in [0.29, 0.717) is 34.7 Å². The molecule has 5 rings (SSSR count). The van der Waals surface area contributed by atoms with E-state index >= 15 is 0 Å². The van der Waals surface area contributed by atoms with Crippen molar-refractivity contribution in [3.05, 3.63) is 164 Å². The van der Waals surface area contributed by atoms with Gasteiger partial charge in [0.15, 0.2) is 0 Å². The molecule has 0 N–H and O–H groups in total. The predicted molar refractivity (Wildman–Crippen MR) is 210 cm³/mol. The molecule has 0 aliphatic rings. The molecule has 284 valence electrons. The van der Waals surface area contributed by atoms with Crippen molar-refractivity contribution in [2.24, 2.45) is 0 Å². The molecule has 1 unspecified atom stereocenters. The number of nitrogens with zero attached hydrogens (tertiary/aromatic N) is 2. The third kappa shape index (κ3) is 9.77. The summed E-state index contributed by atoms with van der Waals surface area (Å²) < 4.78 is 48.3. The quantitative estimate of drug-likeness (QED) is 0.0604. The van der Waals surface area contributed by atoms with Crippen LogP contribution >= 0.6 is 11.8 Å². The Morgan fingerprint density at radius 3 is 1.87 bits per heavy atom. The van der Waals surface area contributed by atoms with E-state index in [1.54, 1.807) is 63.2 Å². The van der Waals surface area contributed by atoms with Gasteiger partial charge >= 0.3 is 5.69 Å². The van der Waals surface area contributed by atoms with E-state index < -0.39 is 32.9 Å². The van der Waals surface area contributed by atoms with Crippen LogP contribution < -0.4 is 20.7 Å². The number of thioether (sulfide) groups is 1. The maximum atomic E-state index is 13.7. The number of ether oxygens (including phenoxy) is 3. The van der Waals surface area contributed by atoms with Gasteiger partial charge in [0.25, 0.3) is 21.6 Å².